The van der Waals surface area contributed by atoms with Gasteiger partial charge in [0.1, 0.15) is 0 Å². The van der Waals surface area contributed by atoms with Gasteiger partial charge in [-0.15, -0.1) is 0 Å². The Balaban J connectivity index is 1.75. The van der Waals surface area contributed by atoms with E-state index in [4.69, 9.17) is 0 Å². The fourth-order valence-corrected chi connectivity index (χ4v) is 6.61. The molecule has 134 valence electrons. The molecular formula is C19H36IN3. The van der Waals surface area contributed by atoms with Gasteiger partial charge in [-0.25, -0.2) is 0 Å². The Bertz CT molecular complexity index is 398. The van der Waals surface area contributed by atoms with E-state index >= 15 is 0 Å². The monoisotopic (exact) mass is 433 g/mol. The molecule has 3 saturated heterocycles. The molecule has 0 aromatic rings. The zero-order valence-corrected chi connectivity index (χ0v) is 17.6. The summed E-state index contributed by atoms with van der Waals surface area (Å²) in [5.74, 6) is 1.63. The fraction of sp³-hybridized carbons (Fsp3) is 1.00. The van der Waals surface area contributed by atoms with Crippen molar-refractivity contribution in [3.8, 4) is 0 Å². The lowest BCUT2D eigenvalue weighted by atomic mass is 9.65. The van der Waals surface area contributed by atoms with Crippen molar-refractivity contribution in [2.75, 3.05) is 19.6 Å². The maximum atomic E-state index is 4.07. The van der Waals surface area contributed by atoms with Crippen LogP contribution in [0.25, 0.3) is 0 Å². The molecule has 0 spiro atoms. The van der Waals surface area contributed by atoms with E-state index in [9.17, 15) is 0 Å². The largest absolute Gasteiger partial charge is 0.317 e. The van der Waals surface area contributed by atoms with Gasteiger partial charge in [0.25, 0.3) is 0 Å². The van der Waals surface area contributed by atoms with E-state index in [1.165, 1.54) is 51.7 Å². The van der Waals surface area contributed by atoms with E-state index in [0.717, 1.165) is 27.8 Å². The lowest BCUT2D eigenvalue weighted by Crippen LogP contribution is -2.69. The van der Waals surface area contributed by atoms with E-state index in [0.29, 0.717) is 11.6 Å². The second-order valence-electron chi connectivity index (χ2n) is 8.49. The first kappa shape index (κ1) is 18.4. The second-order valence-corrected chi connectivity index (χ2v) is 10.1. The third-order valence-corrected chi connectivity index (χ3v) is 8.98. The van der Waals surface area contributed by atoms with Gasteiger partial charge in [-0.3, -0.25) is 4.90 Å². The minimum absolute atomic E-state index is 0.350. The van der Waals surface area contributed by atoms with E-state index < -0.39 is 0 Å². The van der Waals surface area contributed by atoms with E-state index in [1.54, 1.807) is 0 Å². The lowest BCUT2D eigenvalue weighted by Gasteiger charge is -2.58. The van der Waals surface area contributed by atoms with Crippen LogP contribution in [0, 0.1) is 11.8 Å². The van der Waals surface area contributed by atoms with Crippen molar-refractivity contribution in [3.63, 3.8) is 0 Å². The van der Waals surface area contributed by atoms with Crippen LogP contribution in [0.2, 0.25) is 0 Å². The number of nitrogens with one attached hydrogen (secondary N) is 2. The number of likely N-dealkylation sites (tertiary alicyclic amines) is 1. The molecule has 3 aliphatic rings. The summed E-state index contributed by atoms with van der Waals surface area (Å²) in [5, 5.41) is 7.60. The standard InChI is InChI=1S/C19H36IN3/c1-5-18(20)16-12-17-14(3)23(15-6-9-21-10-7-15)11-8-19(17,4)22-13(16)2/h13-18,21-22H,5-12H2,1-4H3/t13-,14?,16-,17?,18+,19?/m0/s1. The Kier molecular flexibility index (Phi) is 5.97. The predicted octanol–water partition coefficient (Wildman–Crippen LogP) is 3.42. The van der Waals surface area contributed by atoms with Crippen molar-refractivity contribution >= 4 is 22.6 Å². The minimum Gasteiger partial charge on any atom is -0.317 e. The van der Waals surface area contributed by atoms with Crippen molar-refractivity contribution in [1.82, 2.24) is 15.5 Å². The molecule has 2 N–H and O–H groups in total. The molecule has 3 aliphatic heterocycles. The van der Waals surface area contributed by atoms with Gasteiger partial charge in [-0.1, -0.05) is 29.5 Å². The fourth-order valence-electron chi connectivity index (χ4n) is 5.69. The van der Waals surface area contributed by atoms with Crippen LogP contribution in [0.5, 0.6) is 0 Å². The van der Waals surface area contributed by atoms with E-state index in [2.05, 4.69) is 65.8 Å². The third-order valence-electron chi connectivity index (χ3n) is 7.17. The van der Waals surface area contributed by atoms with Gasteiger partial charge in [0.15, 0.2) is 0 Å². The number of rotatable bonds is 3. The van der Waals surface area contributed by atoms with Gasteiger partial charge in [0.05, 0.1) is 0 Å². The topological polar surface area (TPSA) is 27.3 Å². The molecule has 0 aromatic carbocycles. The summed E-state index contributed by atoms with van der Waals surface area (Å²) in [7, 11) is 0. The second kappa shape index (κ2) is 7.46. The Labute approximate surface area is 156 Å². The summed E-state index contributed by atoms with van der Waals surface area (Å²) >= 11 is 2.70. The summed E-state index contributed by atoms with van der Waals surface area (Å²) in [4.78, 5) is 2.87. The average Bonchev–Trinajstić information content (AvgIpc) is 2.54. The van der Waals surface area contributed by atoms with E-state index in [1.807, 2.05) is 0 Å². The normalized spacial score (nSPS) is 44.7. The van der Waals surface area contributed by atoms with Crippen molar-refractivity contribution < 1.29 is 0 Å². The Morgan fingerprint density at radius 3 is 2.61 bits per heavy atom. The van der Waals surface area contributed by atoms with Crippen molar-refractivity contribution in [1.29, 1.82) is 0 Å². The molecule has 4 heteroatoms. The van der Waals surface area contributed by atoms with Gasteiger partial charge >= 0.3 is 0 Å². The highest BCUT2D eigenvalue weighted by Crippen LogP contribution is 2.44. The molecule has 23 heavy (non-hydrogen) atoms. The molecule has 3 nitrogen and oxygen atoms in total. The zero-order valence-electron chi connectivity index (χ0n) is 15.4. The van der Waals surface area contributed by atoms with Gasteiger partial charge in [-0.05, 0) is 77.8 Å². The smallest absolute Gasteiger partial charge is 0.0211 e. The number of piperidine rings is 3. The lowest BCUT2D eigenvalue weighted by molar-refractivity contribution is -0.0445. The minimum atomic E-state index is 0.350. The van der Waals surface area contributed by atoms with Gasteiger partial charge in [0.2, 0.25) is 0 Å². The molecule has 3 heterocycles. The molecule has 3 fully saturated rings. The summed E-state index contributed by atoms with van der Waals surface area (Å²) < 4.78 is 0.807. The zero-order chi connectivity index (χ0) is 16.6. The maximum Gasteiger partial charge on any atom is 0.0211 e. The summed E-state index contributed by atoms with van der Waals surface area (Å²) in [6, 6.07) is 2.20. The van der Waals surface area contributed by atoms with Crippen LogP contribution >= 0.6 is 22.6 Å². The first-order valence-corrected chi connectivity index (χ1v) is 11.1. The highest BCUT2D eigenvalue weighted by Gasteiger charge is 2.50. The predicted molar refractivity (Wildman–Crippen MR) is 107 cm³/mol. The number of nitrogens with zero attached hydrogens (tertiary/aromatic N) is 1. The third kappa shape index (κ3) is 3.61. The quantitative estimate of drug-likeness (QED) is 0.528. The highest BCUT2D eigenvalue weighted by molar-refractivity contribution is 14.1. The Hall–Kier alpha value is 0.610. The van der Waals surface area contributed by atoms with Crippen molar-refractivity contribution in [2.45, 2.75) is 87.4 Å². The first-order chi connectivity index (χ1) is 11.0. The van der Waals surface area contributed by atoms with Crippen LogP contribution in [0.15, 0.2) is 0 Å². The van der Waals surface area contributed by atoms with Crippen LogP contribution in [-0.4, -0.2) is 52.1 Å². The molecule has 0 saturated carbocycles. The first-order valence-electron chi connectivity index (χ1n) is 9.84. The number of hydrogen-bond acceptors (Lipinski definition) is 3. The number of hydrogen-bond donors (Lipinski definition) is 2. The SMILES string of the molecule is CC[C@@H](I)[C@H]1CC2C(C)N(C3CCNCC3)CCC2(C)N[C@H]1C. The molecule has 0 bridgehead atoms. The van der Waals surface area contributed by atoms with Crippen LogP contribution in [0.4, 0.5) is 0 Å². The average molecular weight is 433 g/mol. The summed E-state index contributed by atoms with van der Waals surface area (Å²) in [6.45, 7) is 13.5. The molecular weight excluding hydrogens is 397 g/mol. The van der Waals surface area contributed by atoms with Gasteiger partial charge in [0, 0.05) is 34.1 Å². The Morgan fingerprint density at radius 1 is 1.26 bits per heavy atom. The molecule has 3 unspecified atom stereocenters. The molecule has 0 amide bonds. The van der Waals surface area contributed by atoms with Crippen LogP contribution in [0.1, 0.15) is 59.8 Å². The van der Waals surface area contributed by atoms with Crippen molar-refractivity contribution in [3.05, 3.63) is 0 Å². The number of alkyl halides is 1. The van der Waals surface area contributed by atoms with E-state index in [-0.39, 0.29) is 0 Å². The van der Waals surface area contributed by atoms with Gasteiger partial charge in [-0.2, -0.15) is 0 Å². The molecule has 0 aromatic heterocycles. The van der Waals surface area contributed by atoms with Crippen LogP contribution < -0.4 is 10.6 Å². The molecule has 3 rings (SSSR count). The summed E-state index contributed by atoms with van der Waals surface area (Å²) in [5.41, 5.74) is 0.350. The van der Waals surface area contributed by atoms with Gasteiger partial charge < -0.3 is 10.6 Å². The van der Waals surface area contributed by atoms with Crippen LogP contribution in [0.3, 0.4) is 0 Å². The number of fused-ring (bicyclic) bond motifs is 1. The summed E-state index contributed by atoms with van der Waals surface area (Å²) in [6.07, 6.45) is 6.71. The van der Waals surface area contributed by atoms with Crippen LogP contribution in [-0.2, 0) is 0 Å². The Morgan fingerprint density at radius 2 is 1.96 bits per heavy atom. The molecule has 0 aliphatic carbocycles. The molecule has 6 atom stereocenters. The maximum absolute atomic E-state index is 4.07. The highest BCUT2D eigenvalue weighted by atomic mass is 127. The molecule has 0 radical (unpaired) electrons. The number of halogens is 1. The van der Waals surface area contributed by atoms with Crippen molar-refractivity contribution in [2.24, 2.45) is 11.8 Å².